The van der Waals surface area contributed by atoms with Gasteiger partial charge in [-0.25, -0.2) is 0 Å². The van der Waals surface area contributed by atoms with Crippen LogP contribution in [-0.2, 0) is 53.1 Å². The zero-order valence-corrected chi connectivity index (χ0v) is 21.3. The van der Waals surface area contributed by atoms with Gasteiger partial charge in [0.15, 0.2) is 0 Å². The van der Waals surface area contributed by atoms with Crippen molar-refractivity contribution in [1.82, 2.24) is 10.2 Å². The summed E-state index contributed by atoms with van der Waals surface area (Å²) < 4.78 is 1.99. The molecule has 27 heavy (non-hydrogen) atoms. The Labute approximate surface area is 180 Å². The summed E-state index contributed by atoms with van der Waals surface area (Å²) in [6.45, 7) is 9.15. The van der Waals surface area contributed by atoms with Crippen molar-refractivity contribution >= 4 is 32.4 Å². The van der Waals surface area contributed by atoms with Gasteiger partial charge in [0.1, 0.15) is 0 Å². The molecule has 1 heterocycles. The number of carboxylic acid groups (broad SMARTS) is 1. The summed E-state index contributed by atoms with van der Waals surface area (Å²) in [6, 6.07) is -0.480. The Hall–Kier alpha value is -1.32. The summed E-state index contributed by atoms with van der Waals surface area (Å²) in [5.41, 5.74) is 0.954. The summed E-state index contributed by atoms with van der Waals surface area (Å²) in [6.07, 6.45) is 5.30. The van der Waals surface area contributed by atoms with E-state index >= 15 is 0 Å². The monoisotopic (exact) mass is 713 g/mol. The second-order valence-corrected chi connectivity index (χ2v) is 10.0. The molecule has 9 heteroatoms. The number of carbonyl (C=O) groups is 3. The summed E-state index contributed by atoms with van der Waals surface area (Å²) in [5.74, 6) is -2.29. The standard InChI is InChI=1S/C18H23N3O4.2W/c1-5-14(10-19-4)7-6-8-21-11-15(13(3)18(21)25)17(24)20-12(2)9-16(22)23;;/h6-7,10,12-13,15H,4,9,11H2,1-3H3,(H,20,24)(H,22,23);;/b7-6-,14-10?;;. The zero-order valence-electron chi connectivity index (χ0n) is 15.5. The first-order valence-electron chi connectivity index (χ1n) is 8.31. The molecular weight excluding hydrogens is 690 g/mol. The number of aliphatic imine (C=N–C) groups is 1. The number of rotatable bonds is 9. The number of likely N-dealkylation sites (tertiary alicyclic amines) is 1. The number of nitrogens with zero attached hydrogens (tertiary/aromatic N) is 2. The Morgan fingerprint density at radius 3 is 2.59 bits per heavy atom. The average molecular weight is 713 g/mol. The Bertz CT molecular complexity index is 730. The molecule has 3 unspecified atom stereocenters. The van der Waals surface area contributed by atoms with Crippen molar-refractivity contribution in [2.45, 2.75) is 33.2 Å². The van der Waals surface area contributed by atoms with Crippen molar-refractivity contribution in [3.63, 3.8) is 0 Å². The fraction of sp³-hybridized carbons (Fsp3) is 0.444. The molecule has 0 aromatic carbocycles. The van der Waals surface area contributed by atoms with Crippen LogP contribution >= 0.6 is 0 Å². The molecule has 3 atom stereocenters. The second-order valence-electron chi connectivity index (χ2n) is 6.35. The van der Waals surface area contributed by atoms with E-state index in [0.29, 0.717) is 6.54 Å². The van der Waals surface area contributed by atoms with Crippen LogP contribution in [0.2, 0.25) is 0 Å². The van der Waals surface area contributed by atoms with Gasteiger partial charge in [-0.15, -0.1) is 0 Å². The van der Waals surface area contributed by atoms with E-state index in [0.717, 1.165) is 32.8 Å². The van der Waals surface area contributed by atoms with Crippen LogP contribution in [0, 0.1) is 11.8 Å². The minimum atomic E-state index is -0.972. The normalized spacial score (nSPS) is 21.2. The van der Waals surface area contributed by atoms with Crippen LogP contribution < -0.4 is 5.32 Å². The molecular formula is C18H23N3O4W2. The molecule has 146 valence electrons. The molecule has 0 bridgehead atoms. The van der Waals surface area contributed by atoms with Gasteiger partial charge >= 0.3 is 181 Å². The van der Waals surface area contributed by atoms with Gasteiger partial charge in [-0.2, -0.15) is 0 Å². The van der Waals surface area contributed by atoms with Gasteiger partial charge in [0, 0.05) is 0 Å². The number of hydrogen-bond acceptors (Lipinski definition) is 4. The number of carbonyl (C=O) groups excluding carboxylic acids is 2. The molecule has 0 spiro atoms. The van der Waals surface area contributed by atoms with E-state index in [-0.39, 0.29) is 18.2 Å². The molecule has 1 aliphatic rings. The molecule has 0 saturated carbocycles. The molecule has 1 rings (SSSR count). The van der Waals surface area contributed by atoms with Gasteiger partial charge in [-0.05, 0) is 0 Å². The van der Waals surface area contributed by atoms with Crippen molar-refractivity contribution in [2.24, 2.45) is 16.8 Å². The number of amides is 2. The Kier molecular flexibility index (Phi) is 9.55. The van der Waals surface area contributed by atoms with E-state index in [1.54, 1.807) is 24.9 Å². The molecule has 0 aliphatic carbocycles. The molecule has 7 nitrogen and oxygen atoms in total. The quantitative estimate of drug-likeness (QED) is 0.271. The van der Waals surface area contributed by atoms with Crippen molar-refractivity contribution in [3.05, 3.63) is 23.9 Å². The van der Waals surface area contributed by atoms with Gasteiger partial charge in [-0.3, -0.25) is 0 Å². The maximum absolute atomic E-state index is 12.6. The Morgan fingerprint density at radius 1 is 1.44 bits per heavy atom. The van der Waals surface area contributed by atoms with E-state index in [2.05, 4.69) is 17.0 Å². The third-order valence-corrected chi connectivity index (χ3v) is 6.28. The van der Waals surface area contributed by atoms with E-state index in [9.17, 15) is 14.4 Å². The number of allylic oxidation sites excluding steroid dienone is 2. The van der Waals surface area contributed by atoms with Crippen molar-refractivity contribution < 1.29 is 58.2 Å². The number of aliphatic carboxylic acids is 1. The molecule has 1 fully saturated rings. The second kappa shape index (κ2) is 10.9. The topological polar surface area (TPSA) is 99.1 Å². The van der Waals surface area contributed by atoms with Gasteiger partial charge in [0.05, 0.1) is 0 Å². The van der Waals surface area contributed by atoms with Crippen LogP contribution in [0.15, 0.2) is 28.9 Å². The summed E-state index contributed by atoms with van der Waals surface area (Å²) in [5, 5.41) is 11.5. The van der Waals surface area contributed by atoms with Gasteiger partial charge in [0.25, 0.3) is 0 Å². The molecule has 2 amide bonds. The molecule has 0 aromatic heterocycles. The molecule has 1 aliphatic heterocycles. The summed E-state index contributed by atoms with van der Waals surface area (Å²) in [4.78, 5) is 41.3. The van der Waals surface area contributed by atoms with Crippen LogP contribution in [0.4, 0.5) is 0 Å². The van der Waals surface area contributed by atoms with Crippen LogP contribution in [0.5, 0.6) is 0 Å². The fourth-order valence-electron chi connectivity index (χ4n) is 2.63. The van der Waals surface area contributed by atoms with Gasteiger partial charge < -0.3 is 0 Å². The van der Waals surface area contributed by atoms with Crippen molar-refractivity contribution in [1.29, 1.82) is 0 Å². The van der Waals surface area contributed by atoms with Crippen molar-refractivity contribution in [3.8, 4) is 0 Å². The number of carboxylic acids is 1. The SMILES string of the molecule is C=NC=C(/C=C\[C](=[W])N1CC(C(=O)NC(C)CC(=O)O)C(C)C1=O)[C](C)=[W]. The fourth-order valence-corrected chi connectivity index (χ4v) is 3.90. The predicted octanol–water partition coefficient (Wildman–Crippen LogP) is 0.617. The first kappa shape index (κ1) is 23.7. The summed E-state index contributed by atoms with van der Waals surface area (Å²) >= 11 is 2.45. The number of nitrogens with one attached hydrogen (secondary N) is 1. The Balaban J connectivity index is 2.83. The van der Waals surface area contributed by atoms with Crippen LogP contribution in [0.3, 0.4) is 0 Å². The predicted molar refractivity (Wildman–Crippen MR) is 96.7 cm³/mol. The Morgan fingerprint density at radius 2 is 2.07 bits per heavy atom. The third-order valence-electron chi connectivity index (χ3n) is 4.15. The molecule has 1 saturated heterocycles. The number of hydrogen-bond donors (Lipinski definition) is 2. The first-order valence-corrected chi connectivity index (χ1v) is 11.2. The molecule has 0 radical (unpaired) electrons. The van der Waals surface area contributed by atoms with E-state index in [1.807, 2.05) is 19.1 Å². The first-order chi connectivity index (χ1) is 12.6. The van der Waals surface area contributed by atoms with E-state index in [1.165, 1.54) is 19.4 Å². The van der Waals surface area contributed by atoms with Gasteiger partial charge in [-0.1, -0.05) is 0 Å². The maximum atomic E-state index is 12.6. The van der Waals surface area contributed by atoms with Gasteiger partial charge in [0.2, 0.25) is 0 Å². The van der Waals surface area contributed by atoms with Crippen LogP contribution in [-0.4, -0.2) is 55.0 Å². The van der Waals surface area contributed by atoms with E-state index in [4.69, 9.17) is 5.11 Å². The molecule has 2 N–H and O–H groups in total. The van der Waals surface area contributed by atoms with E-state index < -0.39 is 23.8 Å². The van der Waals surface area contributed by atoms with Crippen LogP contribution in [0.1, 0.15) is 27.2 Å². The third kappa shape index (κ3) is 6.97. The van der Waals surface area contributed by atoms with Crippen LogP contribution in [0.25, 0.3) is 0 Å². The zero-order chi connectivity index (χ0) is 20.7. The summed E-state index contributed by atoms with van der Waals surface area (Å²) in [7, 11) is 0. The average Bonchev–Trinajstić information content (AvgIpc) is 2.86. The minimum absolute atomic E-state index is 0.0918. The molecule has 0 aromatic rings. The van der Waals surface area contributed by atoms with Crippen molar-refractivity contribution in [2.75, 3.05) is 6.54 Å².